The Morgan fingerprint density at radius 1 is 1.24 bits per heavy atom. The second-order valence-corrected chi connectivity index (χ2v) is 7.36. The maximum atomic E-state index is 13.1. The number of amides is 1. The Bertz CT molecular complexity index is 1080. The molecular weight excluding hydrogens is 392 g/mol. The molecule has 1 unspecified atom stereocenters. The Hall–Kier alpha value is -2.86. The van der Waals surface area contributed by atoms with Gasteiger partial charge in [0.1, 0.15) is 29.0 Å². The summed E-state index contributed by atoms with van der Waals surface area (Å²) in [4.78, 5) is 13.1. The first-order chi connectivity index (χ1) is 14.0. The maximum absolute atomic E-state index is 13.1. The van der Waals surface area contributed by atoms with Gasteiger partial charge in [-0.05, 0) is 42.8 Å². The largest absolute Gasteiger partial charge is 0.497 e. The first-order valence-electron chi connectivity index (χ1n) is 9.53. The molecule has 1 aromatic heterocycles. The molecule has 1 N–H and O–H groups in total. The third-order valence-electron chi connectivity index (χ3n) is 5.26. The predicted octanol–water partition coefficient (Wildman–Crippen LogP) is 4.41. The molecule has 0 saturated carbocycles. The van der Waals surface area contributed by atoms with Gasteiger partial charge in [-0.3, -0.25) is 4.79 Å². The molecule has 0 radical (unpaired) electrons. The van der Waals surface area contributed by atoms with E-state index < -0.39 is 0 Å². The van der Waals surface area contributed by atoms with E-state index in [4.69, 9.17) is 25.8 Å². The molecule has 1 aliphatic rings. The quantitative estimate of drug-likeness (QED) is 0.648. The van der Waals surface area contributed by atoms with Gasteiger partial charge in [0.25, 0.3) is 5.91 Å². The number of carbonyl (C=O) groups is 1. The van der Waals surface area contributed by atoms with Crippen LogP contribution in [0.5, 0.6) is 17.2 Å². The van der Waals surface area contributed by atoms with E-state index in [1.165, 1.54) is 0 Å². The minimum absolute atomic E-state index is 0.0179. The first-order valence-corrected chi connectivity index (χ1v) is 9.91. The number of carbonyl (C=O) groups excluding carboxylic acids is 1. The number of aromatic nitrogens is 1. The van der Waals surface area contributed by atoms with Gasteiger partial charge in [0.2, 0.25) is 0 Å². The summed E-state index contributed by atoms with van der Waals surface area (Å²) in [6.45, 7) is 2.99. The highest BCUT2D eigenvalue weighted by Gasteiger charge is 2.27. The number of benzene rings is 2. The highest BCUT2D eigenvalue weighted by Crippen LogP contribution is 2.38. The van der Waals surface area contributed by atoms with E-state index in [1.807, 2.05) is 41.0 Å². The van der Waals surface area contributed by atoms with Gasteiger partial charge in [0, 0.05) is 17.5 Å². The summed E-state index contributed by atoms with van der Waals surface area (Å²) in [5.41, 5.74) is 2.27. The molecule has 29 heavy (non-hydrogen) atoms. The van der Waals surface area contributed by atoms with Crippen LogP contribution in [-0.4, -0.2) is 30.8 Å². The normalized spacial score (nSPS) is 15.1. The minimum atomic E-state index is -0.176. The Morgan fingerprint density at radius 3 is 2.79 bits per heavy atom. The van der Waals surface area contributed by atoms with Crippen molar-refractivity contribution >= 4 is 28.4 Å². The van der Waals surface area contributed by atoms with Crippen molar-refractivity contribution < 1.29 is 19.0 Å². The molecule has 0 bridgehead atoms. The van der Waals surface area contributed by atoms with Crippen LogP contribution in [0.1, 0.15) is 29.4 Å². The average molecular weight is 415 g/mol. The summed E-state index contributed by atoms with van der Waals surface area (Å²) in [6.07, 6.45) is 0.869. The molecule has 1 amide bonds. The van der Waals surface area contributed by atoms with Crippen LogP contribution in [0.3, 0.4) is 0 Å². The first kappa shape index (κ1) is 19.5. The van der Waals surface area contributed by atoms with Gasteiger partial charge in [0.15, 0.2) is 0 Å². The standard InChI is InChI=1S/C22H23ClN2O4/c1-4-14-12-25-18(10-16-17(23)6-8-20(29-14)21(16)25)22(26)24-11-13-9-15(27-2)5-7-19(13)28-3/h5-10,14H,4,11-12H2,1-3H3,(H,24,26). The van der Waals surface area contributed by atoms with Crippen molar-refractivity contribution in [3.63, 3.8) is 0 Å². The lowest BCUT2D eigenvalue weighted by molar-refractivity contribution is 0.0935. The van der Waals surface area contributed by atoms with Crippen molar-refractivity contribution in [3.05, 3.63) is 52.7 Å². The molecule has 152 valence electrons. The Kier molecular flexibility index (Phi) is 5.28. The molecule has 1 aliphatic heterocycles. The Balaban J connectivity index is 1.65. The molecule has 4 rings (SSSR count). The molecule has 0 fully saturated rings. The zero-order valence-electron chi connectivity index (χ0n) is 16.6. The van der Waals surface area contributed by atoms with Crippen molar-refractivity contribution in [2.24, 2.45) is 0 Å². The van der Waals surface area contributed by atoms with E-state index in [-0.39, 0.29) is 12.0 Å². The van der Waals surface area contributed by atoms with Crippen molar-refractivity contribution in [1.29, 1.82) is 0 Å². The smallest absolute Gasteiger partial charge is 0.268 e. The third-order valence-corrected chi connectivity index (χ3v) is 5.59. The van der Waals surface area contributed by atoms with Crippen LogP contribution in [0.25, 0.3) is 10.9 Å². The predicted molar refractivity (Wildman–Crippen MR) is 112 cm³/mol. The van der Waals surface area contributed by atoms with Crippen LogP contribution >= 0.6 is 11.6 Å². The topological polar surface area (TPSA) is 61.7 Å². The lowest BCUT2D eigenvalue weighted by atomic mass is 10.2. The molecule has 0 spiro atoms. The van der Waals surface area contributed by atoms with Gasteiger partial charge in [-0.15, -0.1) is 0 Å². The number of methoxy groups -OCH3 is 2. The van der Waals surface area contributed by atoms with E-state index >= 15 is 0 Å². The summed E-state index contributed by atoms with van der Waals surface area (Å²) < 4.78 is 18.7. The van der Waals surface area contributed by atoms with Gasteiger partial charge in [-0.1, -0.05) is 18.5 Å². The van der Waals surface area contributed by atoms with Crippen molar-refractivity contribution in [2.75, 3.05) is 14.2 Å². The lowest BCUT2D eigenvalue weighted by Gasteiger charge is -2.26. The molecule has 3 aromatic rings. The average Bonchev–Trinajstić information content (AvgIpc) is 3.15. The zero-order valence-corrected chi connectivity index (χ0v) is 17.4. The zero-order chi connectivity index (χ0) is 20.5. The number of nitrogens with zero attached hydrogens (tertiary/aromatic N) is 1. The third kappa shape index (κ3) is 3.49. The van der Waals surface area contributed by atoms with E-state index in [0.717, 1.165) is 28.6 Å². The second-order valence-electron chi connectivity index (χ2n) is 6.96. The SMILES string of the molecule is CCC1Cn2c(C(=O)NCc3cc(OC)ccc3OC)cc3c(Cl)ccc(c32)O1. The molecule has 6 nitrogen and oxygen atoms in total. The van der Waals surface area contributed by atoms with E-state index in [9.17, 15) is 4.79 Å². The fourth-order valence-electron chi connectivity index (χ4n) is 3.71. The fraction of sp³-hybridized carbons (Fsp3) is 0.318. The lowest BCUT2D eigenvalue weighted by Crippen LogP contribution is -2.31. The van der Waals surface area contributed by atoms with Crippen molar-refractivity contribution in [2.45, 2.75) is 32.5 Å². The van der Waals surface area contributed by atoms with Crippen molar-refractivity contribution in [3.8, 4) is 17.2 Å². The second kappa shape index (κ2) is 7.87. The summed E-state index contributed by atoms with van der Waals surface area (Å²) in [5.74, 6) is 1.98. The molecular formula is C22H23ClN2O4. The molecule has 0 saturated heterocycles. The number of ether oxygens (including phenoxy) is 3. The van der Waals surface area contributed by atoms with Gasteiger partial charge in [0.05, 0.1) is 31.3 Å². The minimum Gasteiger partial charge on any atom is -0.497 e. The summed E-state index contributed by atoms with van der Waals surface area (Å²) in [5, 5.41) is 4.42. The fourth-order valence-corrected chi connectivity index (χ4v) is 3.91. The maximum Gasteiger partial charge on any atom is 0.268 e. The molecule has 2 heterocycles. The van der Waals surface area contributed by atoms with Gasteiger partial charge in [-0.25, -0.2) is 0 Å². The van der Waals surface area contributed by atoms with E-state index in [0.29, 0.717) is 35.3 Å². The molecule has 0 aliphatic carbocycles. The van der Waals surface area contributed by atoms with Gasteiger partial charge in [-0.2, -0.15) is 0 Å². The summed E-state index contributed by atoms with van der Waals surface area (Å²) >= 11 is 6.39. The number of hydrogen-bond donors (Lipinski definition) is 1. The summed E-state index contributed by atoms with van der Waals surface area (Å²) in [7, 11) is 3.21. The highest BCUT2D eigenvalue weighted by atomic mass is 35.5. The Morgan fingerprint density at radius 2 is 2.07 bits per heavy atom. The highest BCUT2D eigenvalue weighted by molar-refractivity contribution is 6.36. The number of hydrogen-bond acceptors (Lipinski definition) is 4. The van der Waals surface area contributed by atoms with Gasteiger partial charge < -0.3 is 24.1 Å². The van der Waals surface area contributed by atoms with Crippen molar-refractivity contribution in [1.82, 2.24) is 9.88 Å². The van der Waals surface area contributed by atoms with Crippen LogP contribution in [-0.2, 0) is 13.1 Å². The molecule has 7 heteroatoms. The van der Waals surface area contributed by atoms with Crippen LogP contribution in [0.2, 0.25) is 5.02 Å². The Labute approximate surface area is 174 Å². The van der Waals surface area contributed by atoms with Crippen LogP contribution in [0, 0.1) is 0 Å². The van der Waals surface area contributed by atoms with E-state index in [1.54, 1.807) is 14.2 Å². The number of halogens is 1. The molecule has 2 aromatic carbocycles. The number of rotatable bonds is 6. The molecule has 1 atom stereocenters. The summed E-state index contributed by atoms with van der Waals surface area (Å²) in [6, 6.07) is 11.0. The van der Waals surface area contributed by atoms with Crippen LogP contribution in [0.4, 0.5) is 0 Å². The van der Waals surface area contributed by atoms with Gasteiger partial charge >= 0.3 is 0 Å². The van der Waals surface area contributed by atoms with Crippen LogP contribution < -0.4 is 19.5 Å². The number of nitrogens with one attached hydrogen (secondary N) is 1. The monoisotopic (exact) mass is 414 g/mol. The van der Waals surface area contributed by atoms with Crippen LogP contribution in [0.15, 0.2) is 36.4 Å². The van der Waals surface area contributed by atoms with E-state index in [2.05, 4.69) is 12.2 Å².